The summed E-state index contributed by atoms with van der Waals surface area (Å²) in [4.78, 5) is 30.6. The predicted octanol–water partition coefficient (Wildman–Crippen LogP) is -0.232. The number of hydrogen-bond acceptors (Lipinski definition) is 5. The van der Waals surface area contributed by atoms with Crippen molar-refractivity contribution >= 4 is 18.2 Å². The number of amides is 1. The van der Waals surface area contributed by atoms with Crippen molar-refractivity contribution in [1.82, 2.24) is 9.80 Å². The van der Waals surface area contributed by atoms with Crippen molar-refractivity contribution < 1.29 is 19.8 Å². The number of nitriles is 1. The van der Waals surface area contributed by atoms with Crippen molar-refractivity contribution in [3.05, 3.63) is 11.3 Å². The average Bonchev–Trinajstić information content (AvgIpc) is 3.06. The Morgan fingerprint density at radius 3 is 2.91 bits per heavy atom. The van der Waals surface area contributed by atoms with Gasteiger partial charge in [0.15, 0.2) is 0 Å². The number of carbonyl (C=O) groups is 2. The van der Waals surface area contributed by atoms with Gasteiger partial charge in [0.2, 0.25) is 12.1 Å². The number of nitrogens with zero attached hydrogens (tertiary/aromatic N) is 4. The van der Waals surface area contributed by atoms with Crippen molar-refractivity contribution in [2.45, 2.75) is 31.9 Å². The summed E-state index contributed by atoms with van der Waals surface area (Å²) in [5.74, 6) is -1.89. The van der Waals surface area contributed by atoms with Crippen LogP contribution in [0.5, 0.6) is 0 Å². The first kappa shape index (κ1) is 15.5. The SMILES string of the molecule is C[C@@H](O)[C@H]1C(=O)N2C(C(=O)O)=C([C@@H]3CCN(C=NC#N)C3)C[C@H]12. The van der Waals surface area contributed by atoms with Gasteiger partial charge in [-0.15, -0.1) is 0 Å². The maximum Gasteiger partial charge on any atom is 0.352 e. The van der Waals surface area contributed by atoms with Gasteiger partial charge in [-0.3, -0.25) is 4.79 Å². The number of likely N-dealkylation sites (tertiary alicyclic amines) is 1. The minimum atomic E-state index is -1.09. The first-order valence-electron chi connectivity index (χ1n) is 7.59. The third-order valence-electron chi connectivity index (χ3n) is 4.96. The molecule has 2 N–H and O–H groups in total. The van der Waals surface area contributed by atoms with Gasteiger partial charge in [0.1, 0.15) is 12.0 Å². The van der Waals surface area contributed by atoms with Crippen LogP contribution in [0.3, 0.4) is 0 Å². The van der Waals surface area contributed by atoms with Gasteiger partial charge < -0.3 is 20.0 Å². The molecule has 0 bridgehead atoms. The minimum absolute atomic E-state index is 0.0271. The molecule has 0 spiro atoms. The summed E-state index contributed by atoms with van der Waals surface area (Å²) in [6.07, 6.45) is 3.64. The van der Waals surface area contributed by atoms with E-state index in [0.29, 0.717) is 19.5 Å². The number of aliphatic imine (C=N–C) groups is 1. The van der Waals surface area contributed by atoms with Crippen molar-refractivity contribution in [2.24, 2.45) is 16.8 Å². The molecular formula is C15H18N4O4. The predicted molar refractivity (Wildman–Crippen MR) is 78.9 cm³/mol. The molecule has 0 aliphatic carbocycles. The molecule has 1 amide bonds. The number of carboxylic acids is 1. The van der Waals surface area contributed by atoms with Crippen LogP contribution >= 0.6 is 0 Å². The molecule has 2 fully saturated rings. The zero-order valence-corrected chi connectivity index (χ0v) is 12.7. The fourth-order valence-corrected chi connectivity index (χ4v) is 3.95. The van der Waals surface area contributed by atoms with E-state index in [2.05, 4.69) is 4.99 Å². The molecule has 2 saturated heterocycles. The largest absolute Gasteiger partial charge is 0.477 e. The molecule has 3 aliphatic heterocycles. The Balaban J connectivity index is 1.82. The highest BCUT2D eigenvalue weighted by Gasteiger charge is 2.57. The van der Waals surface area contributed by atoms with Gasteiger partial charge in [-0.2, -0.15) is 10.3 Å². The average molecular weight is 318 g/mol. The topological polar surface area (TPSA) is 117 Å². The fraction of sp³-hybridized carbons (Fsp3) is 0.600. The number of rotatable bonds is 4. The van der Waals surface area contributed by atoms with Gasteiger partial charge in [0, 0.05) is 19.0 Å². The van der Waals surface area contributed by atoms with Crippen molar-refractivity contribution in [2.75, 3.05) is 13.1 Å². The van der Waals surface area contributed by atoms with Crippen molar-refractivity contribution in [3.8, 4) is 6.19 Å². The molecule has 0 aromatic carbocycles. The smallest absolute Gasteiger partial charge is 0.352 e. The molecule has 0 unspecified atom stereocenters. The van der Waals surface area contributed by atoms with E-state index in [1.54, 1.807) is 13.1 Å². The second-order valence-corrected chi connectivity index (χ2v) is 6.25. The van der Waals surface area contributed by atoms with Crippen LogP contribution in [0.2, 0.25) is 0 Å². The Morgan fingerprint density at radius 2 is 2.30 bits per heavy atom. The molecule has 3 rings (SSSR count). The zero-order valence-electron chi connectivity index (χ0n) is 12.7. The van der Waals surface area contributed by atoms with Crippen LogP contribution in [-0.4, -0.2) is 63.5 Å². The second kappa shape index (κ2) is 5.66. The van der Waals surface area contributed by atoms with E-state index in [1.807, 2.05) is 4.90 Å². The van der Waals surface area contributed by atoms with Gasteiger partial charge in [-0.05, 0) is 25.3 Å². The number of hydrogen-bond donors (Lipinski definition) is 2. The van der Waals surface area contributed by atoms with E-state index in [0.717, 1.165) is 12.0 Å². The summed E-state index contributed by atoms with van der Waals surface area (Å²) in [7, 11) is 0. The Kier molecular flexibility index (Phi) is 3.82. The molecule has 0 aromatic rings. The summed E-state index contributed by atoms with van der Waals surface area (Å²) in [6.45, 7) is 2.85. The third-order valence-corrected chi connectivity index (χ3v) is 4.96. The quantitative estimate of drug-likeness (QED) is 0.320. The summed E-state index contributed by atoms with van der Waals surface area (Å²) >= 11 is 0. The first-order chi connectivity index (χ1) is 11.0. The molecule has 4 atom stereocenters. The molecule has 0 radical (unpaired) electrons. The summed E-state index contributed by atoms with van der Waals surface area (Å²) in [5.41, 5.74) is 0.854. The first-order valence-corrected chi connectivity index (χ1v) is 7.59. The van der Waals surface area contributed by atoms with E-state index >= 15 is 0 Å². The monoisotopic (exact) mass is 318 g/mol. The Hall–Kier alpha value is -2.40. The Labute approximate surface area is 133 Å². The second-order valence-electron chi connectivity index (χ2n) is 6.25. The van der Waals surface area contributed by atoms with Gasteiger partial charge in [-0.25, -0.2) is 4.79 Å². The number of aliphatic hydroxyl groups is 1. The van der Waals surface area contributed by atoms with E-state index < -0.39 is 18.0 Å². The summed E-state index contributed by atoms with van der Waals surface area (Å²) < 4.78 is 0. The van der Waals surface area contributed by atoms with Crippen LogP contribution < -0.4 is 0 Å². The maximum atomic E-state index is 12.2. The number of aliphatic hydroxyl groups excluding tert-OH is 1. The number of aliphatic carboxylic acids is 1. The normalized spacial score (nSPS) is 31.3. The molecule has 0 saturated carbocycles. The lowest BCUT2D eigenvalue weighted by molar-refractivity contribution is -0.161. The highest BCUT2D eigenvalue weighted by molar-refractivity contribution is 5.99. The lowest BCUT2D eigenvalue weighted by Gasteiger charge is -2.44. The van der Waals surface area contributed by atoms with Gasteiger partial charge in [-0.1, -0.05) is 0 Å². The van der Waals surface area contributed by atoms with Crippen molar-refractivity contribution in [1.29, 1.82) is 5.26 Å². The maximum absolute atomic E-state index is 12.2. The lowest BCUT2D eigenvalue weighted by Crippen LogP contribution is -2.61. The van der Waals surface area contributed by atoms with Gasteiger partial charge in [0.25, 0.3) is 0 Å². The van der Waals surface area contributed by atoms with Crippen molar-refractivity contribution in [3.63, 3.8) is 0 Å². The number of fused-ring (bicyclic) bond motifs is 1. The fourth-order valence-electron chi connectivity index (χ4n) is 3.95. The van der Waals surface area contributed by atoms with Crippen LogP contribution in [0.4, 0.5) is 0 Å². The molecule has 8 heteroatoms. The highest BCUT2D eigenvalue weighted by atomic mass is 16.4. The van der Waals surface area contributed by atoms with Crippen LogP contribution in [0, 0.1) is 23.3 Å². The Bertz CT molecular complexity index is 648. The Morgan fingerprint density at radius 1 is 1.57 bits per heavy atom. The molecule has 122 valence electrons. The summed E-state index contributed by atoms with van der Waals surface area (Å²) in [6, 6.07) is -0.245. The number of carbonyl (C=O) groups excluding carboxylic acids is 1. The third kappa shape index (κ3) is 2.37. The molecule has 0 aromatic heterocycles. The molecular weight excluding hydrogens is 300 g/mol. The lowest BCUT2D eigenvalue weighted by atomic mass is 9.82. The van der Waals surface area contributed by atoms with E-state index in [-0.39, 0.29) is 23.6 Å². The minimum Gasteiger partial charge on any atom is -0.477 e. The van der Waals surface area contributed by atoms with Crippen LogP contribution in [0.15, 0.2) is 16.3 Å². The van der Waals surface area contributed by atoms with Crippen LogP contribution in [0.1, 0.15) is 19.8 Å². The highest BCUT2D eigenvalue weighted by Crippen LogP contribution is 2.47. The van der Waals surface area contributed by atoms with E-state index in [4.69, 9.17) is 5.26 Å². The number of carboxylic acid groups (broad SMARTS) is 1. The van der Waals surface area contributed by atoms with E-state index in [1.165, 1.54) is 11.2 Å². The van der Waals surface area contributed by atoms with E-state index in [9.17, 15) is 19.8 Å². The standard InChI is InChI=1S/C15H18N4O4/c1-8(20)12-11-4-10(13(15(22)23)19(11)14(12)21)9-2-3-18(5-9)7-17-6-16/h7-9,11-12,20H,2-5H2,1H3,(H,22,23)/t8-,9-,11-,12-/m1/s1. The number of β-lactam (4-membered cyclic amide) rings is 1. The molecule has 23 heavy (non-hydrogen) atoms. The van der Waals surface area contributed by atoms with Crippen LogP contribution in [-0.2, 0) is 9.59 Å². The molecule has 3 heterocycles. The zero-order chi connectivity index (χ0) is 16.7. The van der Waals surface area contributed by atoms with Gasteiger partial charge in [0.05, 0.1) is 18.1 Å². The molecule has 3 aliphatic rings. The van der Waals surface area contributed by atoms with Crippen LogP contribution in [0.25, 0.3) is 0 Å². The summed E-state index contributed by atoms with van der Waals surface area (Å²) in [5, 5.41) is 27.7. The van der Waals surface area contributed by atoms with Gasteiger partial charge >= 0.3 is 5.97 Å². The molecule has 8 nitrogen and oxygen atoms in total.